The van der Waals surface area contributed by atoms with Crippen LogP contribution in [0.25, 0.3) is 0 Å². The predicted molar refractivity (Wildman–Crippen MR) is 75.3 cm³/mol. The number of piperidine rings is 1. The molecule has 0 unspecified atom stereocenters. The summed E-state index contributed by atoms with van der Waals surface area (Å²) in [6.45, 7) is 0.289. The van der Waals surface area contributed by atoms with Gasteiger partial charge in [0.25, 0.3) is 0 Å². The molecule has 1 aliphatic heterocycles. The molecule has 0 bridgehead atoms. The average Bonchev–Trinajstić information content (AvgIpc) is 2.54. The van der Waals surface area contributed by atoms with Gasteiger partial charge in [0.15, 0.2) is 5.75 Å². The minimum absolute atomic E-state index is 0.0134. The third kappa shape index (κ3) is 4.13. The number of benzene rings is 1. The molecule has 2 rings (SSSR count). The zero-order valence-corrected chi connectivity index (χ0v) is 12.7. The van der Waals surface area contributed by atoms with Gasteiger partial charge in [0.1, 0.15) is 0 Å². The fraction of sp³-hybridized carbons (Fsp3) is 0.500. The van der Waals surface area contributed by atoms with E-state index in [-0.39, 0.29) is 30.4 Å². The zero-order chi connectivity index (χ0) is 17.9. The third-order valence-corrected chi connectivity index (χ3v) is 3.77. The predicted octanol–water partition coefficient (Wildman–Crippen LogP) is 2.80. The Bertz CT molecular complexity index is 627. The Balaban J connectivity index is 2.00. The SMILES string of the molecule is COc1cc(C2CCN(OC(=O)C(F)(F)F)CC2)ccc1[N+](=O)[O-]. The van der Waals surface area contributed by atoms with Gasteiger partial charge in [-0.1, -0.05) is 6.07 Å². The molecule has 0 spiro atoms. The van der Waals surface area contributed by atoms with Crippen LogP contribution in [0.2, 0.25) is 0 Å². The molecule has 1 aromatic rings. The van der Waals surface area contributed by atoms with Gasteiger partial charge in [-0.2, -0.15) is 13.2 Å². The van der Waals surface area contributed by atoms with E-state index in [0.29, 0.717) is 12.8 Å². The highest BCUT2D eigenvalue weighted by molar-refractivity contribution is 5.75. The molecule has 0 N–H and O–H groups in total. The number of hydrogen-bond acceptors (Lipinski definition) is 6. The molecule has 0 saturated carbocycles. The van der Waals surface area contributed by atoms with E-state index in [1.807, 2.05) is 0 Å². The van der Waals surface area contributed by atoms with Gasteiger partial charge in [-0.05, 0) is 30.4 Å². The van der Waals surface area contributed by atoms with E-state index in [9.17, 15) is 28.1 Å². The molecule has 0 radical (unpaired) electrons. The van der Waals surface area contributed by atoms with Crippen LogP contribution in [-0.4, -0.2) is 42.3 Å². The van der Waals surface area contributed by atoms with Gasteiger partial charge < -0.3 is 9.57 Å². The first-order valence-corrected chi connectivity index (χ1v) is 7.08. The summed E-state index contributed by atoms with van der Waals surface area (Å²) in [4.78, 5) is 25.4. The summed E-state index contributed by atoms with van der Waals surface area (Å²) < 4.78 is 41.5. The Labute approximate surface area is 135 Å². The molecule has 132 valence electrons. The van der Waals surface area contributed by atoms with Crippen molar-refractivity contribution in [3.8, 4) is 5.75 Å². The monoisotopic (exact) mass is 348 g/mol. The van der Waals surface area contributed by atoms with Crippen LogP contribution < -0.4 is 4.74 Å². The van der Waals surface area contributed by atoms with E-state index in [0.717, 1.165) is 10.6 Å². The van der Waals surface area contributed by atoms with Gasteiger partial charge in [0.2, 0.25) is 0 Å². The van der Waals surface area contributed by atoms with E-state index in [4.69, 9.17) is 4.74 Å². The van der Waals surface area contributed by atoms with Gasteiger partial charge in [-0.3, -0.25) is 10.1 Å². The molecule has 0 aromatic heterocycles. The van der Waals surface area contributed by atoms with Crippen LogP contribution in [0.4, 0.5) is 18.9 Å². The van der Waals surface area contributed by atoms with Crippen LogP contribution in [0.5, 0.6) is 5.75 Å². The van der Waals surface area contributed by atoms with E-state index < -0.39 is 17.1 Å². The molecule has 1 aliphatic rings. The van der Waals surface area contributed by atoms with Crippen LogP contribution >= 0.6 is 0 Å². The number of nitro groups is 1. The van der Waals surface area contributed by atoms with Crippen LogP contribution in [0.1, 0.15) is 24.3 Å². The normalized spacial score (nSPS) is 16.7. The second kappa shape index (κ2) is 7.04. The maximum atomic E-state index is 12.2. The second-order valence-corrected chi connectivity index (χ2v) is 5.27. The van der Waals surface area contributed by atoms with Gasteiger partial charge in [0, 0.05) is 19.2 Å². The van der Waals surface area contributed by atoms with Crippen molar-refractivity contribution >= 4 is 11.7 Å². The fourth-order valence-corrected chi connectivity index (χ4v) is 2.55. The molecule has 0 atom stereocenters. The van der Waals surface area contributed by atoms with Gasteiger partial charge in [-0.25, -0.2) is 4.79 Å². The number of methoxy groups -OCH3 is 1. The number of rotatable bonds is 4. The average molecular weight is 348 g/mol. The topological polar surface area (TPSA) is 81.9 Å². The first-order valence-electron chi connectivity index (χ1n) is 7.08. The van der Waals surface area contributed by atoms with Crippen molar-refractivity contribution in [1.82, 2.24) is 5.06 Å². The molecule has 10 heteroatoms. The maximum absolute atomic E-state index is 12.2. The minimum Gasteiger partial charge on any atom is -0.490 e. The van der Waals surface area contributed by atoms with Crippen molar-refractivity contribution in [3.05, 3.63) is 33.9 Å². The molecule has 1 aromatic carbocycles. The van der Waals surface area contributed by atoms with E-state index in [1.54, 1.807) is 12.1 Å². The quantitative estimate of drug-likeness (QED) is 0.615. The smallest absolute Gasteiger partial charge is 0.490 e. The Hall–Kier alpha value is -2.36. The van der Waals surface area contributed by atoms with Crippen LogP contribution in [-0.2, 0) is 9.63 Å². The molecule has 24 heavy (non-hydrogen) atoms. The summed E-state index contributed by atoms with van der Waals surface area (Å²) in [5, 5.41) is 11.9. The van der Waals surface area contributed by atoms with E-state index >= 15 is 0 Å². The molecule has 0 aliphatic carbocycles. The number of halogens is 3. The lowest BCUT2D eigenvalue weighted by molar-refractivity contribution is -0.385. The highest BCUT2D eigenvalue weighted by Crippen LogP contribution is 2.35. The lowest BCUT2D eigenvalue weighted by Crippen LogP contribution is -2.39. The van der Waals surface area contributed by atoms with Gasteiger partial charge in [0.05, 0.1) is 12.0 Å². The fourth-order valence-electron chi connectivity index (χ4n) is 2.55. The Morgan fingerprint density at radius 1 is 1.33 bits per heavy atom. The van der Waals surface area contributed by atoms with Crippen molar-refractivity contribution in [2.75, 3.05) is 20.2 Å². The molecular weight excluding hydrogens is 333 g/mol. The largest absolute Gasteiger partial charge is 0.492 e. The van der Waals surface area contributed by atoms with Crippen LogP contribution in [0.3, 0.4) is 0 Å². The lowest BCUT2D eigenvalue weighted by Gasteiger charge is -2.30. The number of carbonyl (C=O) groups excluding carboxylic acids is 1. The highest BCUT2D eigenvalue weighted by Gasteiger charge is 2.43. The number of hydroxylamine groups is 2. The molecule has 1 heterocycles. The summed E-state index contributed by atoms with van der Waals surface area (Å²) >= 11 is 0. The highest BCUT2D eigenvalue weighted by atomic mass is 19.4. The molecule has 0 amide bonds. The molecule has 1 fully saturated rings. The zero-order valence-electron chi connectivity index (χ0n) is 12.7. The Morgan fingerprint density at radius 2 is 1.96 bits per heavy atom. The molecular formula is C14H15F3N2O5. The number of hydrogen-bond donors (Lipinski definition) is 0. The summed E-state index contributed by atoms with van der Waals surface area (Å²) in [6, 6.07) is 4.49. The van der Waals surface area contributed by atoms with Crippen molar-refractivity contribution in [2.45, 2.75) is 24.9 Å². The van der Waals surface area contributed by atoms with Crippen molar-refractivity contribution in [2.24, 2.45) is 0 Å². The summed E-state index contributed by atoms with van der Waals surface area (Å²) in [5.74, 6) is -2.12. The summed E-state index contributed by atoms with van der Waals surface area (Å²) in [6.07, 6.45) is -4.12. The number of alkyl halides is 3. The van der Waals surface area contributed by atoms with Gasteiger partial charge >= 0.3 is 17.8 Å². The second-order valence-electron chi connectivity index (χ2n) is 5.27. The third-order valence-electron chi connectivity index (χ3n) is 3.77. The van der Waals surface area contributed by atoms with E-state index in [2.05, 4.69) is 4.84 Å². The number of nitro benzene ring substituents is 1. The van der Waals surface area contributed by atoms with Crippen molar-refractivity contribution < 1.29 is 32.5 Å². The van der Waals surface area contributed by atoms with E-state index in [1.165, 1.54) is 13.2 Å². The summed E-state index contributed by atoms with van der Waals surface area (Å²) in [7, 11) is 1.32. The van der Waals surface area contributed by atoms with Crippen LogP contribution in [0, 0.1) is 10.1 Å². The minimum atomic E-state index is -5.03. The number of carbonyl (C=O) groups is 1. The van der Waals surface area contributed by atoms with Crippen molar-refractivity contribution in [1.29, 1.82) is 0 Å². The first-order chi connectivity index (χ1) is 11.2. The molecule has 7 nitrogen and oxygen atoms in total. The Morgan fingerprint density at radius 3 is 2.46 bits per heavy atom. The van der Waals surface area contributed by atoms with Crippen molar-refractivity contribution in [3.63, 3.8) is 0 Å². The Kier molecular flexibility index (Phi) is 5.27. The maximum Gasteiger partial charge on any atom is 0.492 e. The van der Waals surface area contributed by atoms with Gasteiger partial charge in [-0.15, -0.1) is 5.06 Å². The lowest BCUT2D eigenvalue weighted by atomic mass is 9.90. The molecule has 1 saturated heterocycles. The summed E-state index contributed by atoms with van der Waals surface area (Å²) in [5.41, 5.74) is 0.636. The number of ether oxygens (including phenoxy) is 1. The number of nitrogens with zero attached hydrogens (tertiary/aromatic N) is 2. The van der Waals surface area contributed by atoms with Crippen LogP contribution in [0.15, 0.2) is 18.2 Å². The standard InChI is InChI=1S/C14H15F3N2O5/c1-23-12-8-10(2-3-11(12)19(21)22)9-4-6-18(7-5-9)24-13(20)14(15,16)17/h2-3,8-9H,4-7H2,1H3. The first kappa shape index (κ1) is 18.0.